The van der Waals surface area contributed by atoms with Crippen molar-refractivity contribution < 1.29 is 14.3 Å². The van der Waals surface area contributed by atoms with Crippen LogP contribution in [0.2, 0.25) is 5.02 Å². The van der Waals surface area contributed by atoms with E-state index in [2.05, 4.69) is 10.2 Å². The molecule has 0 aliphatic heterocycles. The maximum absolute atomic E-state index is 13.3. The summed E-state index contributed by atoms with van der Waals surface area (Å²) in [7, 11) is 0. The smallest absolute Gasteiger partial charge is 0.337 e. The molecule has 0 saturated heterocycles. The molecule has 0 atom stereocenters. The average Bonchev–Trinajstić information content (AvgIpc) is 2.83. The number of carbonyl (C=O) groups is 1. The Morgan fingerprint density at radius 2 is 2.10 bits per heavy atom. The Bertz CT molecular complexity index is 832. The van der Waals surface area contributed by atoms with Crippen molar-refractivity contribution in [3.8, 4) is 11.4 Å². The number of halogens is 2. The second kappa shape index (κ2) is 4.57. The molecule has 1 aromatic carbocycles. The number of rotatable bonds is 2. The number of benzene rings is 1. The Balaban J connectivity index is 2.29. The van der Waals surface area contributed by atoms with Gasteiger partial charge in [-0.05, 0) is 18.2 Å². The molecular weight excluding hydrogens is 285 g/mol. The van der Waals surface area contributed by atoms with Crippen LogP contribution in [-0.2, 0) is 0 Å². The van der Waals surface area contributed by atoms with Crippen molar-refractivity contribution in [2.75, 3.05) is 0 Å². The van der Waals surface area contributed by atoms with E-state index in [1.54, 1.807) is 6.07 Å². The average molecular weight is 292 g/mol. The number of fused-ring (bicyclic) bond motifs is 1. The summed E-state index contributed by atoms with van der Waals surface area (Å²) in [4.78, 5) is 11.0. The molecule has 3 aromatic rings. The first-order valence-electron chi connectivity index (χ1n) is 5.60. The van der Waals surface area contributed by atoms with Gasteiger partial charge in [-0.1, -0.05) is 23.7 Å². The van der Waals surface area contributed by atoms with E-state index in [9.17, 15) is 9.18 Å². The minimum absolute atomic E-state index is 0.0000435. The molecule has 0 bridgehead atoms. The van der Waals surface area contributed by atoms with Crippen LogP contribution in [0.15, 0.2) is 36.5 Å². The molecule has 0 aliphatic rings. The zero-order valence-electron chi connectivity index (χ0n) is 9.92. The summed E-state index contributed by atoms with van der Waals surface area (Å²) in [6, 6.07) is 7.08. The first kappa shape index (κ1) is 12.6. The molecule has 5 nitrogen and oxygen atoms in total. The Morgan fingerprint density at radius 1 is 1.30 bits per heavy atom. The van der Waals surface area contributed by atoms with Crippen LogP contribution >= 0.6 is 11.6 Å². The Kier molecular flexibility index (Phi) is 2.87. The van der Waals surface area contributed by atoms with E-state index in [4.69, 9.17) is 16.7 Å². The van der Waals surface area contributed by atoms with Crippen LogP contribution in [0.4, 0.5) is 4.39 Å². The molecule has 2 heterocycles. The number of hydrogen-bond donors (Lipinski definition) is 1. The molecule has 3 rings (SSSR count). The number of carboxylic acid groups (broad SMARTS) is 1. The normalized spacial score (nSPS) is 10.9. The van der Waals surface area contributed by atoms with Crippen LogP contribution in [0.25, 0.3) is 17.0 Å². The molecule has 0 radical (unpaired) electrons. The molecule has 0 fully saturated rings. The van der Waals surface area contributed by atoms with Gasteiger partial charge in [0.05, 0.1) is 10.6 Å². The highest BCUT2D eigenvalue weighted by molar-refractivity contribution is 6.33. The highest BCUT2D eigenvalue weighted by atomic mass is 35.5. The van der Waals surface area contributed by atoms with E-state index in [0.29, 0.717) is 17.0 Å². The number of hydrogen-bond acceptors (Lipinski definition) is 3. The summed E-state index contributed by atoms with van der Waals surface area (Å²) in [5.41, 5.74) is 0.798. The number of aromatic carboxylic acids is 1. The molecule has 1 N–H and O–H groups in total. The van der Waals surface area contributed by atoms with Gasteiger partial charge in [0.1, 0.15) is 5.82 Å². The molecule has 20 heavy (non-hydrogen) atoms. The van der Waals surface area contributed by atoms with Crippen molar-refractivity contribution in [2.45, 2.75) is 0 Å². The molecule has 0 aliphatic carbocycles. The lowest BCUT2D eigenvalue weighted by Gasteiger charge is -2.03. The van der Waals surface area contributed by atoms with Crippen LogP contribution < -0.4 is 0 Å². The summed E-state index contributed by atoms with van der Waals surface area (Å²) in [5, 5.41) is 17.0. The highest BCUT2D eigenvalue weighted by Gasteiger charge is 2.14. The maximum Gasteiger partial charge on any atom is 0.337 e. The van der Waals surface area contributed by atoms with Gasteiger partial charge in [-0.3, -0.25) is 4.40 Å². The van der Waals surface area contributed by atoms with Crippen molar-refractivity contribution >= 4 is 23.2 Å². The highest BCUT2D eigenvalue weighted by Crippen LogP contribution is 2.24. The predicted octanol–water partition coefficient (Wildman–Crippen LogP) is 2.89. The fourth-order valence-corrected chi connectivity index (χ4v) is 2.14. The second-order valence-electron chi connectivity index (χ2n) is 4.11. The van der Waals surface area contributed by atoms with Gasteiger partial charge >= 0.3 is 5.97 Å². The Labute approximate surface area is 117 Å². The lowest BCUT2D eigenvalue weighted by atomic mass is 10.2. The zero-order chi connectivity index (χ0) is 14.3. The summed E-state index contributed by atoms with van der Waals surface area (Å²) >= 11 is 5.98. The molecule has 0 saturated carbocycles. The van der Waals surface area contributed by atoms with Crippen LogP contribution in [0.3, 0.4) is 0 Å². The molecular formula is C13H7ClFN3O2. The predicted molar refractivity (Wildman–Crippen MR) is 70.4 cm³/mol. The monoisotopic (exact) mass is 291 g/mol. The fraction of sp³-hybridized carbons (Fsp3) is 0. The van der Waals surface area contributed by atoms with Crippen LogP contribution in [0.5, 0.6) is 0 Å². The van der Waals surface area contributed by atoms with Gasteiger partial charge in [0.15, 0.2) is 11.5 Å². The van der Waals surface area contributed by atoms with Gasteiger partial charge in [0.2, 0.25) is 0 Å². The van der Waals surface area contributed by atoms with Gasteiger partial charge in [0.25, 0.3) is 0 Å². The molecule has 2 aromatic heterocycles. The number of pyridine rings is 1. The minimum Gasteiger partial charge on any atom is -0.478 e. The Morgan fingerprint density at radius 3 is 2.80 bits per heavy atom. The third-order valence-corrected chi connectivity index (χ3v) is 3.07. The first-order chi connectivity index (χ1) is 9.56. The third kappa shape index (κ3) is 2.00. The Hall–Kier alpha value is -2.47. The lowest BCUT2D eigenvalue weighted by molar-refractivity contribution is 0.0696. The summed E-state index contributed by atoms with van der Waals surface area (Å²) in [5.74, 6) is -1.21. The molecule has 100 valence electrons. The van der Waals surface area contributed by atoms with Crippen LogP contribution in [-0.4, -0.2) is 25.7 Å². The minimum atomic E-state index is -1.12. The second-order valence-corrected chi connectivity index (χ2v) is 4.52. The summed E-state index contributed by atoms with van der Waals surface area (Å²) < 4.78 is 14.7. The van der Waals surface area contributed by atoms with Crippen molar-refractivity contribution in [1.82, 2.24) is 14.6 Å². The van der Waals surface area contributed by atoms with E-state index < -0.39 is 11.8 Å². The maximum atomic E-state index is 13.3. The molecule has 0 unspecified atom stereocenters. The third-order valence-electron chi connectivity index (χ3n) is 2.79. The number of nitrogens with zero attached hydrogens (tertiary/aromatic N) is 3. The zero-order valence-corrected chi connectivity index (χ0v) is 10.7. The van der Waals surface area contributed by atoms with E-state index in [-0.39, 0.29) is 10.6 Å². The van der Waals surface area contributed by atoms with E-state index in [1.165, 1.54) is 34.9 Å². The molecule has 7 heteroatoms. The molecule has 0 amide bonds. The van der Waals surface area contributed by atoms with Crippen LogP contribution in [0.1, 0.15) is 10.4 Å². The number of aromatic nitrogens is 3. The van der Waals surface area contributed by atoms with E-state index in [1.807, 2.05) is 0 Å². The lowest BCUT2D eigenvalue weighted by Crippen LogP contribution is -2.00. The van der Waals surface area contributed by atoms with Crippen molar-refractivity contribution in [3.63, 3.8) is 0 Å². The van der Waals surface area contributed by atoms with Crippen molar-refractivity contribution in [1.29, 1.82) is 0 Å². The van der Waals surface area contributed by atoms with Gasteiger partial charge in [-0.15, -0.1) is 10.2 Å². The number of carboxylic acids is 1. The first-order valence-corrected chi connectivity index (χ1v) is 5.97. The van der Waals surface area contributed by atoms with Gasteiger partial charge in [-0.25, -0.2) is 9.18 Å². The largest absolute Gasteiger partial charge is 0.478 e. The van der Waals surface area contributed by atoms with E-state index >= 15 is 0 Å². The van der Waals surface area contributed by atoms with Gasteiger partial charge in [0, 0.05) is 11.8 Å². The summed E-state index contributed by atoms with van der Waals surface area (Å²) in [6.07, 6.45) is 1.35. The van der Waals surface area contributed by atoms with Gasteiger partial charge in [-0.2, -0.15) is 0 Å². The topological polar surface area (TPSA) is 67.5 Å². The molecule has 0 spiro atoms. The standard InChI is InChI=1S/C13H7ClFN3O2/c14-10-5-8(13(19)20)6-18-11(16-17-12(10)18)7-2-1-3-9(15)4-7/h1-6H,(H,19,20). The SMILES string of the molecule is O=C(O)c1cc(Cl)c2nnc(-c3cccc(F)c3)n2c1. The van der Waals surface area contributed by atoms with Gasteiger partial charge < -0.3 is 5.11 Å². The quantitative estimate of drug-likeness (QED) is 0.788. The fourth-order valence-electron chi connectivity index (χ4n) is 1.90. The summed E-state index contributed by atoms with van der Waals surface area (Å²) in [6.45, 7) is 0. The van der Waals surface area contributed by atoms with E-state index in [0.717, 1.165) is 0 Å². The van der Waals surface area contributed by atoms with Crippen molar-refractivity contribution in [3.05, 3.63) is 52.9 Å². The van der Waals surface area contributed by atoms with Crippen molar-refractivity contribution in [2.24, 2.45) is 0 Å². The van der Waals surface area contributed by atoms with Crippen LogP contribution in [0, 0.1) is 5.82 Å².